The highest BCUT2D eigenvalue weighted by Crippen LogP contribution is 2.44. The van der Waals surface area contributed by atoms with Gasteiger partial charge in [-0.3, -0.25) is 19.2 Å². The van der Waals surface area contributed by atoms with E-state index in [1.807, 2.05) is 22.7 Å². The Morgan fingerprint density at radius 1 is 0.514 bits per heavy atom. The first-order chi connectivity index (χ1) is 50.6. The highest BCUT2D eigenvalue weighted by Gasteiger charge is 2.35. The SMILES string of the molecule is Cc1sc2ncnc(N3CCC(C(=O)Nc4cc(Cl)ccc4Cl)CC3)c2c1C.Cc1sc2ncnc(N3CCC(C(=O)Nc4ccc(C#N)c(Cl)c4)CC3)c2c1C.NC(=O)C1CCN(c2ncnc3sc4c(c23)CCCC4)CC1.O=C(NCC(F)(F)F)C1CCN(c2ncnc3sc4c(c23)CCC4)CC1. The highest BCUT2D eigenvalue weighted by atomic mass is 35.5. The second-order valence-electron chi connectivity index (χ2n) is 27.3. The number of halogens is 6. The van der Waals surface area contributed by atoms with E-state index < -0.39 is 18.6 Å². The molecular weight excluding hydrogens is 1480 g/mol. The zero-order valence-corrected chi connectivity index (χ0v) is 64.0. The molecule has 12 heterocycles. The van der Waals surface area contributed by atoms with E-state index in [0.717, 1.165) is 162 Å². The number of nitrogens with two attached hydrogens (primary N) is 1. The van der Waals surface area contributed by atoms with E-state index in [4.69, 9.17) is 45.8 Å². The largest absolute Gasteiger partial charge is 0.405 e. The first-order valence-electron chi connectivity index (χ1n) is 35.4. The number of aryl methyl sites for hydroxylation is 8. The first kappa shape index (κ1) is 75.1. The van der Waals surface area contributed by atoms with Gasteiger partial charge in [0, 0.05) is 106 Å². The van der Waals surface area contributed by atoms with E-state index in [9.17, 15) is 32.3 Å². The molecule has 5 N–H and O–H groups in total. The van der Waals surface area contributed by atoms with Crippen LogP contribution >= 0.6 is 80.1 Å². The summed E-state index contributed by atoms with van der Waals surface area (Å²) in [5, 5.41) is 22.8. The second kappa shape index (κ2) is 32.9. The maximum Gasteiger partial charge on any atom is 0.405 e. The van der Waals surface area contributed by atoms with Crippen LogP contribution in [0.15, 0.2) is 61.7 Å². The Hall–Kier alpha value is -8.17. The summed E-state index contributed by atoms with van der Waals surface area (Å²) in [5.74, 6) is 2.72. The van der Waals surface area contributed by atoms with Gasteiger partial charge in [0.1, 0.15) is 80.5 Å². The van der Waals surface area contributed by atoms with Gasteiger partial charge in [0.05, 0.1) is 42.8 Å². The number of anilines is 6. The summed E-state index contributed by atoms with van der Waals surface area (Å²) in [5.41, 5.74) is 12.3. The van der Waals surface area contributed by atoms with Crippen molar-refractivity contribution in [1.82, 2.24) is 45.2 Å². The number of benzene rings is 2. The van der Waals surface area contributed by atoms with Crippen molar-refractivity contribution in [2.45, 2.75) is 130 Å². The van der Waals surface area contributed by atoms with Crippen LogP contribution in [-0.4, -0.2) is 129 Å². The molecule has 2 aliphatic carbocycles. The fourth-order valence-corrected chi connectivity index (χ4v) is 19.8. The predicted octanol–water partition coefficient (Wildman–Crippen LogP) is 15.5. The zero-order valence-electron chi connectivity index (χ0n) is 58.5. The van der Waals surface area contributed by atoms with Crippen LogP contribution in [0.1, 0.15) is 118 Å². The van der Waals surface area contributed by atoms with E-state index >= 15 is 0 Å². The molecule has 0 bridgehead atoms. The normalized spacial score (nSPS) is 16.7. The van der Waals surface area contributed by atoms with Crippen LogP contribution in [0.3, 0.4) is 0 Å². The predicted molar refractivity (Wildman–Crippen MR) is 415 cm³/mol. The van der Waals surface area contributed by atoms with E-state index in [1.54, 1.807) is 95.7 Å². The molecule has 16 rings (SSSR count). The summed E-state index contributed by atoms with van der Waals surface area (Å²) >= 11 is 25.2. The molecule has 10 aromatic rings. The molecule has 4 aliphatic heterocycles. The van der Waals surface area contributed by atoms with Crippen LogP contribution in [0.4, 0.5) is 47.8 Å². The van der Waals surface area contributed by atoms with Crippen molar-refractivity contribution < 1.29 is 32.3 Å². The van der Waals surface area contributed by atoms with Crippen molar-refractivity contribution >= 4 is 179 Å². The number of nitrogens with one attached hydrogen (secondary N) is 3. The van der Waals surface area contributed by atoms with Gasteiger partial charge in [-0.2, -0.15) is 18.4 Å². The minimum atomic E-state index is -4.37. The van der Waals surface area contributed by atoms with Gasteiger partial charge in [-0.15, -0.1) is 45.3 Å². The van der Waals surface area contributed by atoms with Gasteiger partial charge in [0.15, 0.2) is 0 Å². The number of hydrogen-bond acceptors (Lipinski definition) is 21. The zero-order chi connectivity index (χ0) is 73.8. The summed E-state index contributed by atoms with van der Waals surface area (Å²) in [4.78, 5) is 103. The van der Waals surface area contributed by atoms with Gasteiger partial charge in [0.25, 0.3) is 0 Å². The number of carbonyl (C=O) groups excluding carboxylic acids is 4. The van der Waals surface area contributed by atoms with E-state index in [1.165, 1.54) is 66.4 Å². The van der Waals surface area contributed by atoms with E-state index in [2.05, 4.69) is 97.8 Å². The van der Waals surface area contributed by atoms with Gasteiger partial charge in [0.2, 0.25) is 23.6 Å². The Morgan fingerprint density at radius 2 is 0.924 bits per heavy atom. The third-order valence-corrected chi connectivity index (χ3v) is 26.3. The summed E-state index contributed by atoms with van der Waals surface area (Å²) in [6, 6.07) is 12.0. The van der Waals surface area contributed by atoms with Crippen LogP contribution in [-0.2, 0) is 44.9 Å². The molecule has 0 saturated carbocycles. The second-order valence-corrected chi connectivity index (χ2v) is 33.2. The molecule has 4 fully saturated rings. The Labute approximate surface area is 636 Å². The van der Waals surface area contributed by atoms with Crippen molar-refractivity contribution in [3.8, 4) is 6.07 Å². The number of rotatable bonds is 11. The molecule has 0 atom stereocenters. The summed E-state index contributed by atoms with van der Waals surface area (Å²) in [6.45, 7) is 13.2. The minimum Gasteiger partial charge on any atom is -0.369 e. The van der Waals surface area contributed by atoms with Crippen molar-refractivity contribution in [3.05, 3.63) is 124 Å². The van der Waals surface area contributed by atoms with Gasteiger partial charge >= 0.3 is 6.18 Å². The lowest BCUT2D eigenvalue weighted by Crippen LogP contribution is -2.43. The Kier molecular flexibility index (Phi) is 23.5. The number of amides is 4. The molecule has 550 valence electrons. The summed E-state index contributed by atoms with van der Waals surface area (Å²) in [7, 11) is 0. The lowest BCUT2D eigenvalue weighted by atomic mass is 9.94. The molecule has 4 amide bonds. The number of carbonyl (C=O) groups is 4. The first-order valence-corrected chi connectivity index (χ1v) is 39.8. The minimum absolute atomic E-state index is 0.0131. The molecule has 6 aliphatic rings. The van der Waals surface area contributed by atoms with Gasteiger partial charge in [-0.1, -0.05) is 34.8 Å². The molecule has 31 heteroatoms. The van der Waals surface area contributed by atoms with Crippen LogP contribution in [0, 0.1) is 62.7 Å². The van der Waals surface area contributed by atoms with Gasteiger partial charge in [-0.25, -0.2) is 39.9 Å². The Bertz CT molecular complexity index is 4940. The maximum atomic E-state index is 12.7. The lowest BCUT2D eigenvalue weighted by Gasteiger charge is -2.32. The van der Waals surface area contributed by atoms with Crippen molar-refractivity contribution in [1.29, 1.82) is 5.26 Å². The van der Waals surface area contributed by atoms with Crippen molar-refractivity contribution in [3.63, 3.8) is 0 Å². The van der Waals surface area contributed by atoms with E-state index in [0.29, 0.717) is 57.9 Å². The maximum absolute atomic E-state index is 12.7. The number of piperidine rings is 4. The highest BCUT2D eigenvalue weighted by molar-refractivity contribution is 7.20. The molecule has 21 nitrogen and oxygen atoms in total. The third kappa shape index (κ3) is 17.0. The summed E-state index contributed by atoms with van der Waals surface area (Å²) < 4.78 is 36.8. The van der Waals surface area contributed by atoms with E-state index in [-0.39, 0.29) is 41.4 Å². The van der Waals surface area contributed by atoms with Crippen molar-refractivity contribution in [2.24, 2.45) is 29.4 Å². The monoisotopic (exact) mass is 1560 g/mol. The van der Waals surface area contributed by atoms with Crippen LogP contribution in [0.25, 0.3) is 40.9 Å². The molecule has 0 radical (unpaired) electrons. The van der Waals surface area contributed by atoms with Gasteiger partial charge < -0.3 is 41.3 Å². The van der Waals surface area contributed by atoms with Crippen LogP contribution in [0.2, 0.25) is 15.1 Å². The van der Waals surface area contributed by atoms with Crippen LogP contribution < -0.4 is 41.3 Å². The number of aromatic nitrogens is 8. The average Bonchev–Trinajstić information content (AvgIpc) is 1.44. The topological polar surface area (TPSA) is 270 Å². The van der Waals surface area contributed by atoms with Crippen molar-refractivity contribution in [2.75, 3.05) is 89.1 Å². The number of alkyl halides is 3. The lowest BCUT2D eigenvalue weighted by molar-refractivity contribution is -0.141. The van der Waals surface area contributed by atoms with Gasteiger partial charge in [-0.05, 0) is 183 Å². The molecular formula is C74H79Cl3F3N17O4S4. The molecule has 2 aromatic carbocycles. The average molecular weight is 1560 g/mol. The fourth-order valence-electron chi connectivity index (χ4n) is 14.8. The molecule has 8 aromatic heterocycles. The number of nitrogens with zero attached hydrogens (tertiary/aromatic N) is 13. The molecule has 4 saturated heterocycles. The quantitative estimate of drug-likeness (QED) is 0.0937. The molecule has 105 heavy (non-hydrogen) atoms. The van der Waals surface area contributed by atoms with Crippen LogP contribution in [0.5, 0.6) is 0 Å². The number of primary amides is 1. The third-order valence-electron chi connectivity index (χ3n) is 20.8. The number of nitriles is 1. The summed E-state index contributed by atoms with van der Waals surface area (Å²) in [6.07, 6.45) is 16.1. The molecule has 0 spiro atoms. The smallest absolute Gasteiger partial charge is 0.369 e. The standard InChI is InChI=1S/C21H20ClN5OS.C20H20Cl2N4OS.C17H19F3N4OS.C16H20N4OS/c1-12-13(2)29-21-18(12)19(24-11-25-21)27-7-5-14(6-8-27)20(28)26-16-4-3-15(10-23)17(22)9-16;1-11-12(2)28-20-17(11)18(23-10-24-20)26-7-5-13(6-8-26)19(27)25-16-9-14(21)3-4-15(16)22;18-17(19,20)8-21-15(25)10-4-6-24(7-5-10)14-13-11-2-1-3-12(11)26-16(13)23-9-22-14;17-14(21)10-5-7-20(8-6-10)15-13-11-3-1-2-4-12(11)22-16(13)19-9-18-15/h3-4,9,11,14H,5-8H2,1-2H3,(H,26,28);3-4,9-10,13H,5-8H2,1-2H3,(H,25,27);9-10H,1-8H2,(H,21,25);9-10H,1-8H2,(H2,17,21). The molecule has 0 unspecified atom stereocenters. The number of hydrogen-bond donors (Lipinski definition) is 4. The number of fused-ring (bicyclic) bond motifs is 8. The Morgan fingerprint density at radius 3 is 1.37 bits per heavy atom. The Balaban J connectivity index is 0.000000125. The fraction of sp³-hybridized carbons (Fsp3) is 0.446. The number of thiophene rings is 4.